The van der Waals surface area contributed by atoms with Crippen molar-refractivity contribution in [3.05, 3.63) is 146 Å². The number of hydrogen-bond donors (Lipinski definition) is 0. The van der Waals surface area contributed by atoms with Gasteiger partial charge in [0.1, 0.15) is 0 Å². The maximum absolute atomic E-state index is 5.30. The Hall–Kier alpha value is -6.26. The Morgan fingerprint density at radius 2 is 1.04 bits per heavy atom. The van der Waals surface area contributed by atoms with Gasteiger partial charge in [-0.3, -0.25) is 4.57 Å². The van der Waals surface area contributed by atoms with Crippen molar-refractivity contribution in [3.8, 4) is 17.2 Å². The van der Waals surface area contributed by atoms with E-state index in [1.807, 2.05) is 6.07 Å². The Morgan fingerprint density at radius 1 is 0.391 bits per heavy atom. The molecule has 4 aromatic heterocycles. The molecule has 0 saturated carbocycles. The molecule has 4 heterocycles. The summed E-state index contributed by atoms with van der Waals surface area (Å²) in [4.78, 5) is 10.5. The standard InChI is InChI=1S/C42H24N4/c1-2-11-26(12-3-1)40-29-14-4-7-18-32(29)43-42(44-40)46-34-20-9-6-15-30(34)38-36(46)24-22-25-21-23-35-39(37(25)38)31-17-10-16-28-27-13-5-8-19-33(27)45(35)41(28)31/h1-24H. The Bertz CT molecular complexity index is 3020. The molecule has 0 saturated heterocycles. The minimum absolute atomic E-state index is 0.676. The van der Waals surface area contributed by atoms with Crippen LogP contribution in [0.1, 0.15) is 0 Å². The fourth-order valence-electron chi connectivity index (χ4n) is 7.99. The molecule has 0 aliphatic heterocycles. The van der Waals surface area contributed by atoms with Crippen molar-refractivity contribution < 1.29 is 0 Å². The van der Waals surface area contributed by atoms with E-state index in [1.165, 1.54) is 59.6 Å². The van der Waals surface area contributed by atoms with E-state index >= 15 is 0 Å². The molecule has 7 aromatic carbocycles. The summed E-state index contributed by atoms with van der Waals surface area (Å²) < 4.78 is 4.72. The Kier molecular flexibility index (Phi) is 4.55. The summed E-state index contributed by atoms with van der Waals surface area (Å²) in [5.41, 5.74) is 8.91. The predicted octanol–water partition coefficient (Wildman–Crippen LogP) is 10.7. The second kappa shape index (κ2) is 8.68. The first-order valence-corrected chi connectivity index (χ1v) is 15.7. The first kappa shape index (κ1) is 24.1. The molecule has 0 N–H and O–H groups in total. The van der Waals surface area contributed by atoms with Gasteiger partial charge in [-0.2, -0.15) is 0 Å². The van der Waals surface area contributed by atoms with Crippen molar-refractivity contribution >= 4 is 81.6 Å². The van der Waals surface area contributed by atoms with Crippen LogP contribution in [-0.2, 0) is 0 Å². The molecule has 0 atom stereocenters. The van der Waals surface area contributed by atoms with Crippen molar-refractivity contribution in [2.24, 2.45) is 0 Å². The molecule has 0 amide bonds. The number of hydrogen-bond acceptors (Lipinski definition) is 2. The SMILES string of the molecule is c1ccc(-c2nc(-n3c4ccccc4c4c5c(ccc43)ccc3c5c4cccc5c6ccccc6n3c54)nc3ccccc23)cc1. The summed E-state index contributed by atoms with van der Waals surface area (Å²) in [7, 11) is 0. The lowest BCUT2D eigenvalue weighted by molar-refractivity contribution is 1.01. The van der Waals surface area contributed by atoms with Crippen LogP contribution < -0.4 is 0 Å². The topological polar surface area (TPSA) is 35.1 Å². The first-order chi connectivity index (χ1) is 22.8. The molecule has 11 aromatic rings. The van der Waals surface area contributed by atoms with E-state index in [-0.39, 0.29) is 0 Å². The van der Waals surface area contributed by atoms with Gasteiger partial charge in [0, 0.05) is 48.7 Å². The van der Waals surface area contributed by atoms with Crippen LogP contribution in [0.5, 0.6) is 0 Å². The van der Waals surface area contributed by atoms with Gasteiger partial charge >= 0.3 is 0 Å². The van der Waals surface area contributed by atoms with Crippen molar-refractivity contribution in [1.82, 2.24) is 18.9 Å². The highest BCUT2D eigenvalue weighted by Gasteiger charge is 2.23. The third kappa shape index (κ3) is 2.98. The molecule has 46 heavy (non-hydrogen) atoms. The molecule has 212 valence electrons. The van der Waals surface area contributed by atoms with Gasteiger partial charge in [0.15, 0.2) is 0 Å². The molecular formula is C42H24N4. The monoisotopic (exact) mass is 584 g/mol. The molecule has 11 rings (SSSR count). The lowest BCUT2D eigenvalue weighted by atomic mass is 9.98. The van der Waals surface area contributed by atoms with Gasteiger partial charge in [0.25, 0.3) is 0 Å². The number of aromatic nitrogens is 4. The summed E-state index contributed by atoms with van der Waals surface area (Å²) in [6.07, 6.45) is 0. The molecule has 4 nitrogen and oxygen atoms in total. The zero-order valence-corrected chi connectivity index (χ0v) is 24.6. The smallest absolute Gasteiger partial charge is 0.235 e. The van der Waals surface area contributed by atoms with Crippen molar-refractivity contribution in [2.45, 2.75) is 0 Å². The van der Waals surface area contributed by atoms with E-state index in [0.717, 1.165) is 33.2 Å². The van der Waals surface area contributed by atoms with Crippen molar-refractivity contribution in [2.75, 3.05) is 0 Å². The Morgan fingerprint density at radius 3 is 1.91 bits per heavy atom. The van der Waals surface area contributed by atoms with Gasteiger partial charge in [0.05, 0.1) is 38.8 Å². The number of benzene rings is 7. The second-order valence-electron chi connectivity index (χ2n) is 12.2. The summed E-state index contributed by atoms with van der Waals surface area (Å²) in [6, 6.07) is 52.1. The lowest BCUT2D eigenvalue weighted by Crippen LogP contribution is -2.03. The van der Waals surface area contributed by atoms with Gasteiger partial charge < -0.3 is 4.40 Å². The molecule has 0 radical (unpaired) electrons. The van der Waals surface area contributed by atoms with Crippen LogP contribution in [0.4, 0.5) is 0 Å². The van der Waals surface area contributed by atoms with E-state index in [9.17, 15) is 0 Å². The van der Waals surface area contributed by atoms with Crippen LogP contribution in [0, 0.1) is 0 Å². The second-order valence-corrected chi connectivity index (χ2v) is 12.2. The number of para-hydroxylation sites is 4. The Balaban J connectivity index is 1.33. The van der Waals surface area contributed by atoms with Crippen LogP contribution in [0.15, 0.2) is 146 Å². The predicted molar refractivity (Wildman–Crippen MR) is 191 cm³/mol. The third-order valence-electron chi connectivity index (χ3n) is 9.84. The summed E-state index contributed by atoms with van der Waals surface area (Å²) >= 11 is 0. The fourth-order valence-corrected chi connectivity index (χ4v) is 7.99. The molecule has 4 heteroatoms. The highest BCUT2D eigenvalue weighted by molar-refractivity contribution is 6.35. The molecule has 0 spiro atoms. The maximum Gasteiger partial charge on any atom is 0.235 e. The summed E-state index contributed by atoms with van der Waals surface area (Å²) in [5, 5.41) is 11.1. The van der Waals surface area contributed by atoms with Crippen LogP contribution in [0.25, 0.3) is 98.8 Å². The van der Waals surface area contributed by atoms with Gasteiger partial charge in [-0.1, -0.05) is 115 Å². The van der Waals surface area contributed by atoms with Crippen LogP contribution in [-0.4, -0.2) is 18.9 Å². The summed E-state index contributed by atoms with van der Waals surface area (Å²) in [6.45, 7) is 0. The van der Waals surface area contributed by atoms with Crippen LogP contribution in [0.2, 0.25) is 0 Å². The number of nitrogens with zero attached hydrogens (tertiary/aromatic N) is 4. The van der Waals surface area contributed by atoms with E-state index < -0.39 is 0 Å². The van der Waals surface area contributed by atoms with Crippen molar-refractivity contribution in [1.29, 1.82) is 0 Å². The maximum atomic E-state index is 5.30. The highest BCUT2D eigenvalue weighted by Crippen LogP contribution is 2.45. The number of rotatable bonds is 2. The van der Waals surface area contributed by atoms with Gasteiger partial charge in [-0.25, -0.2) is 9.97 Å². The van der Waals surface area contributed by atoms with E-state index in [2.05, 4.69) is 148 Å². The highest BCUT2D eigenvalue weighted by atomic mass is 15.2. The molecule has 0 aliphatic rings. The van der Waals surface area contributed by atoms with Crippen molar-refractivity contribution in [3.63, 3.8) is 0 Å². The minimum atomic E-state index is 0.676. The van der Waals surface area contributed by atoms with E-state index in [0.29, 0.717) is 5.95 Å². The fraction of sp³-hybridized carbons (Fsp3) is 0. The average molecular weight is 585 g/mol. The zero-order valence-electron chi connectivity index (χ0n) is 24.6. The molecule has 0 bridgehead atoms. The average Bonchev–Trinajstić information content (AvgIpc) is 3.77. The lowest BCUT2D eigenvalue weighted by Gasteiger charge is -2.12. The van der Waals surface area contributed by atoms with Crippen LogP contribution >= 0.6 is 0 Å². The van der Waals surface area contributed by atoms with Crippen LogP contribution in [0.3, 0.4) is 0 Å². The number of fused-ring (bicyclic) bond motifs is 13. The first-order valence-electron chi connectivity index (χ1n) is 15.7. The van der Waals surface area contributed by atoms with Gasteiger partial charge in [-0.05, 0) is 35.7 Å². The quantitative estimate of drug-likeness (QED) is 0.203. The Labute approximate surface area is 262 Å². The third-order valence-corrected chi connectivity index (χ3v) is 9.84. The summed E-state index contributed by atoms with van der Waals surface area (Å²) in [5.74, 6) is 0.676. The normalized spacial score (nSPS) is 12.3. The molecule has 0 fully saturated rings. The largest absolute Gasteiger partial charge is 0.308 e. The minimum Gasteiger partial charge on any atom is -0.308 e. The van der Waals surface area contributed by atoms with E-state index in [1.54, 1.807) is 0 Å². The van der Waals surface area contributed by atoms with E-state index in [4.69, 9.17) is 9.97 Å². The molecule has 0 aliphatic carbocycles. The molecule has 0 unspecified atom stereocenters. The zero-order chi connectivity index (χ0) is 29.9. The van der Waals surface area contributed by atoms with Gasteiger partial charge in [-0.15, -0.1) is 0 Å². The van der Waals surface area contributed by atoms with Gasteiger partial charge in [0.2, 0.25) is 5.95 Å². The molecular weight excluding hydrogens is 560 g/mol.